The summed E-state index contributed by atoms with van der Waals surface area (Å²) in [4.78, 5) is 22.2. The Morgan fingerprint density at radius 3 is 2.70 bits per heavy atom. The SMILES string of the molecule is CC1CCN(C(=O)c2cc3ccccc3nc2N2CCCC2)C1. The molecule has 4 nitrogen and oxygen atoms in total. The lowest BCUT2D eigenvalue weighted by Crippen LogP contribution is -2.31. The van der Waals surface area contributed by atoms with Gasteiger partial charge in [-0.05, 0) is 37.3 Å². The van der Waals surface area contributed by atoms with Crippen molar-refractivity contribution in [3.8, 4) is 0 Å². The van der Waals surface area contributed by atoms with Gasteiger partial charge in [0.25, 0.3) is 5.91 Å². The molecule has 3 heterocycles. The number of amides is 1. The van der Waals surface area contributed by atoms with Gasteiger partial charge in [0.15, 0.2) is 0 Å². The number of likely N-dealkylation sites (tertiary alicyclic amines) is 1. The highest BCUT2D eigenvalue weighted by molar-refractivity contribution is 6.02. The third kappa shape index (κ3) is 2.67. The molecule has 0 bridgehead atoms. The average molecular weight is 309 g/mol. The van der Waals surface area contributed by atoms with Crippen molar-refractivity contribution in [1.82, 2.24) is 9.88 Å². The maximum Gasteiger partial charge on any atom is 0.257 e. The highest BCUT2D eigenvalue weighted by atomic mass is 16.2. The minimum atomic E-state index is 0.148. The first-order valence-corrected chi connectivity index (χ1v) is 8.66. The van der Waals surface area contributed by atoms with Crippen LogP contribution in [0.4, 0.5) is 5.82 Å². The summed E-state index contributed by atoms with van der Waals surface area (Å²) in [5.41, 5.74) is 1.75. The van der Waals surface area contributed by atoms with Crippen molar-refractivity contribution in [3.05, 3.63) is 35.9 Å². The van der Waals surface area contributed by atoms with Gasteiger partial charge in [-0.3, -0.25) is 4.79 Å². The summed E-state index contributed by atoms with van der Waals surface area (Å²) in [6, 6.07) is 10.1. The third-order valence-electron chi connectivity index (χ3n) is 5.05. The molecule has 0 saturated carbocycles. The van der Waals surface area contributed by atoms with E-state index in [4.69, 9.17) is 4.98 Å². The minimum absolute atomic E-state index is 0.148. The predicted molar refractivity (Wildman–Crippen MR) is 92.9 cm³/mol. The van der Waals surface area contributed by atoms with Crippen molar-refractivity contribution in [3.63, 3.8) is 0 Å². The van der Waals surface area contributed by atoms with Gasteiger partial charge in [0, 0.05) is 31.6 Å². The van der Waals surface area contributed by atoms with Crippen molar-refractivity contribution in [2.45, 2.75) is 26.2 Å². The number of fused-ring (bicyclic) bond motifs is 1. The van der Waals surface area contributed by atoms with Crippen molar-refractivity contribution in [2.24, 2.45) is 5.92 Å². The number of para-hydroxylation sites is 1. The lowest BCUT2D eigenvalue weighted by molar-refractivity contribution is 0.0788. The van der Waals surface area contributed by atoms with E-state index in [1.807, 2.05) is 35.2 Å². The van der Waals surface area contributed by atoms with Crippen LogP contribution < -0.4 is 4.90 Å². The smallest absolute Gasteiger partial charge is 0.257 e. The Kier molecular flexibility index (Phi) is 3.68. The molecule has 2 fully saturated rings. The Morgan fingerprint density at radius 2 is 1.96 bits per heavy atom. The zero-order chi connectivity index (χ0) is 15.8. The van der Waals surface area contributed by atoms with Gasteiger partial charge in [-0.2, -0.15) is 0 Å². The van der Waals surface area contributed by atoms with Gasteiger partial charge in [-0.15, -0.1) is 0 Å². The number of carbonyl (C=O) groups excluding carboxylic acids is 1. The Balaban J connectivity index is 1.79. The molecule has 2 aliphatic heterocycles. The summed E-state index contributed by atoms with van der Waals surface area (Å²) < 4.78 is 0. The fourth-order valence-electron chi connectivity index (χ4n) is 3.72. The molecule has 1 amide bonds. The van der Waals surface area contributed by atoms with Crippen molar-refractivity contribution < 1.29 is 4.79 Å². The largest absolute Gasteiger partial charge is 0.356 e. The van der Waals surface area contributed by atoms with E-state index in [0.717, 1.165) is 54.9 Å². The number of carbonyl (C=O) groups is 1. The maximum absolute atomic E-state index is 13.1. The molecule has 2 aromatic rings. The summed E-state index contributed by atoms with van der Waals surface area (Å²) in [6.07, 6.45) is 3.47. The normalized spacial score (nSPS) is 21.3. The molecule has 4 heteroatoms. The molecule has 0 spiro atoms. The number of hydrogen-bond acceptors (Lipinski definition) is 3. The number of nitrogens with zero attached hydrogens (tertiary/aromatic N) is 3. The maximum atomic E-state index is 13.1. The molecule has 120 valence electrons. The molecule has 1 atom stereocenters. The van der Waals surface area contributed by atoms with Crippen LogP contribution in [0.2, 0.25) is 0 Å². The molecule has 0 aliphatic carbocycles. The molecule has 23 heavy (non-hydrogen) atoms. The standard InChI is InChI=1S/C19H23N3O/c1-14-8-11-22(13-14)19(23)16-12-15-6-2-3-7-17(15)20-18(16)21-9-4-5-10-21/h2-3,6-7,12,14H,4-5,8-11,13H2,1H3. The van der Waals surface area contributed by atoms with Crippen LogP contribution in [0, 0.1) is 5.92 Å². The van der Waals surface area contributed by atoms with Crippen LogP contribution >= 0.6 is 0 Å². The Hall–Kier alpha value is -2.10. The molecule has 1 aromatic heterocycles. The van der Waals surface area contributed by atoms with Crippen molar-refractivity contribution >= 4 is 22.6 Å². The number of rotatable bonds is 2. The van der Waals surface area contributed by atoms with Crippen LogP contribution in [0.3, 0.4) is 0 Å². The number of aromatic nitrogens is 1. The Morgan fingerprint density at radius 1 is 1.17 bits per heavy atom. The van der Waals surface area contributed by atoms with Crippen LogP contribution in [0.1, 0.15) is 36.5 Å². The molecular weight excluding hydrogens is 286 g/mol. The molecular formula is C19H23N3O. The molecule has 2 aliphatic rings. The van der Waals surface area contributed by atoms with Crippen LogP contribution in [-0.2, 0) is 0 Å². The van der Waals surface area contributed by atoms with Gasteiger partial charge in [-0.25, -0.2) is 4.98 Å². The quantitative estimate of drug-likeness (QED) is 0.854. The number of hydrogen-bond donors (Lipinski definition) is 0. The monoisotopic (exact) mass is 309 g/mol. The molecule has 1 aromatic carbocycles. The van der Waals surface area contributed by atoms with Gasteiger partial charge < -0.3 is 9.80 Å². The van der Waals surface area contributed by atoms with Crippen molar-refractivity contribution in [2.75, 3.05) is 31.1 Å². The highest BCUT2D eigenvalue weighted by Crippen LogP contribution is 2.29. The van der Waals surface area contributed by atoms with E-state index >= 15 is 0 Å². The van der Waals surface area contributed by atoms with E-state index in [1.54, 1.807) is 0 Å². The van der Waals surface area contributed by atoms with Crippen molar-refractivity contribution in [1.29, 1.82) is 0 Å². The predicted octanol–water partition coefficient (Wildman–Crippen LogP) is 3.32. The van der Waals surface area contributed by atoms with Gasteiger partial charge >= 0.3 is 0 Å². The zero-order valence-electron chi connectivity index (χ0n) is 13.7. The van der Waals surface area contributed by atoms with Gasteiger partial charge in [0.2, 0.25) is 0 Å². The van der Waals surface area contributed by atoms with E-state index < -0.39 is 0 Å². The third-order valence-corrected chi connectivity index (χ3v) is 5.05. The summed E-state index contributed by atoms with van der Waals surface area (Å²) >= 11 is 0. The minimum Gasteiger partial charge on any atom is -0.356 e. The van der Waals surface area contributed by atoms with E-state index in [2.05, 4.69) is 11.8 Å². The molecule has 1 unspecified atom stereocenters. The summed E-state index contributed by atoms with van der Waals surface area (Å²) in [7, 11) is 0. The summed E-state index contributed by atoms with van der Waals surface area (Å²) in [5, 5.41) is 1.05. The van der Waals surface area contributed by atoms with Crippen LogP contribution in [0.5, 0.6) is 0 Å². The Labute approximate surface area is 137 Å². The van der Waals surface area contributed by atoms with E-state index in [0.29, 0.717) is 5.92 Å². The second-order valence-corrected chi connectivity index (χ2v) is 6.89. The van der Waals surface area contributed by atoms with Gasteiger partial charge in [0.1, 0.15) is 5.82 Å². The second-order valence-electron chi connectivity index (χ2n) is 6.89. The highest BCUT2D eigenvalue weighted by Gasteiger charge is 2.28. The first kappa shape index (κ1) is 14.5. The lowest BCUT2D eigenvalue weighted by Gasteiger charge is -2.23. The molecule has 4 rings (SSSR count). The fourth-order valence-corrected chi connectivity index (χ4v) is 3.72. The lowest BCUT2D eigenvalue weighted by atomic mass is 10.1. The van der Waals surface area contributed by atoms with E-state index in [-0.39, 0.29) is 5.91 Å². The first-order valence-electron chi connectivity index (χ1n) is 8.66. The Bertz CT molecular complexity index is 736. The molecule has 0 radical (unpaired) electrons. The van der Waals surface area contributed by atoms with Gasteiger partial charge in [0.05, 0.1) is 11.1 Å². The summed E-state index contributed by atoms with van der Waals surface area (Å²) in [5.74, 6) is 1.63. The topological polar surface area (TPSA) is 36.4 Å². The van der Waals surface area contributed by atoms with E-state index in [9.17, 15) is 4.79 Å². The van der Waals surface area contributed by atoms with Crippen LogP contribution in [0.25, 0.3) is 10.9 Å². The van der Waals surface area contributed by atoms with E-state index in [1.165, 1.54) is 12.8 Å². The number of benzene rings is 1. The first-order chi connectivity index (χ1) is 11.2. The number of pyridine rings is 1. The molecule has 2 saturated heterocycles. The fraction of sp³-hybridized carbons (Fsp3) is 0.474. The summed E-state index contributed by atoms with van der Waals surface area (Å²) in [6.45, 7) is 5.95. The zero-order valence-corrected chi connectivity index (χ0v) is 13.7. The number of anilines is 1. The average Bonchev–Trinajstić information content (AvgIpc) is 3.24. The van der Waals surface area contributed by atoms with Gasteiger partial charge in [-0.1, -0.05) is 25.1 Å². The molecule has 0 N–H and O–H groups in total. The van der Waals surface area contributed by atoms with Crippen LogP contribution in [-0.4, -0.2) is 42.0 Å². The second kappa shape index (κ2) is 5.84. The van der Waals surface area contributed by atoms with Crippen LogP contribution in [0.15, 0.2) is 30.3 Å².